The van der Waals surface area contributed by atoms with E-state index in [1.807, 2.05) is 91.0 Å². The minimum atomic E-state index is -0.382. The minimum absolute atomic E-state index is 0.000281. The lowest BCUT2D eigenvalue weighted by Gasteiger charge is -2.27. The van der Waals surface area contributed by atoms with Gasteiger partial charge in [0.2, 0.25) is 5.91 Å². The maximum Gasteiger partial charge on any atom is 0.234 e. The zero-order valence-electron chi connectivity index (χ0n) is 14.7. The lowest BCUT2D eigenvalue weighted by Crippen LogP contribution is -2.37. The predicted molar refractivity (Wildman–Crippen MR) is 104 cm³/mol. The number of aliphatic hydroxyl groups excluding tert-OH is 1. The maximum atomic E-state index is 13.5. The van der Waals surface area contributed by atoms with Crippen molar-refractivity contribution in [2.75, 3.05) is 13.2 Å². The van der Waals surface area contributed by atoms with E-state index in [9.17, 15) is 9.90 Å². The fourth-order valence-corrected chi connectivity index (χ4v) is 3.14. The molecule has 0 aliphatic carbocycles. The summed E-state index contributed by atoms with van der Waals surface area (Å²) < 4.78 is 0. The van der Waals surface area contributed by atoms with E-state index in [0.717, 1.165) is 16.7 Å². The van der Waals surface area contributed by atoms with Gasteiger partial charge in [0.15, 0.2) is 0 Å². The molecule has 0 bridgehead atoms. The first-order chi connectivity index (χ1) is 12.8. The summed E-state index contributed by atoms with van der Waals surface area (Å²) in [4.78, 5) is 15.2. The summed E-state index contributed by atoms with van der Waals surface area (Å²) in [5.41, 5.74) is 2.97. The van der Waals surface area contributed by atoms with Gasteiger partial charge in [-0.2, -0.15) is 0 Å². The molecule has 3 nitrogen and oxygen atoms in total. The van der Waals surface area contributed by atoms with Crippen LogP contribution in [0.25, 0.3) is 0 Å². The van der Waals surface area contributed by atoms with Crippen molar-refractivity contribution >= 4 is 5.91 Å². The Balaban J connectivity index is 1.94. The molecule has 132 valence electrons. The summed E-state index contributed by atoms with van der Waals surface area (Å²) in [7, 11) is 0. The lowest BCUT2D eigenvalue weighted by atomic mass is 9.90. The molecule has 1 amide bonds. The second-order valence-corrected chi connectivity index (χ2v) is 6.22. The summed E-state index contributed by atoms with van der Waals surface area (Å²) in [5, 5.41) is 9.49. The van der Waals surface area contributed by atoms with Crippen molar-refractivity contribution in [1.82, 2.24) is 4.90 Å². The second-order valence-electron chi connectivity index (χ2n) is 6.22. The fraction of sp³-hybridized carbons (Fsp3) is 0.174. The molecule has 3 rings (SSSR count). The Kier molecular flexibility index (Phi) is 6.18. The Bertz CT molecular complexity index is 764. The van der Waals surface area contributed by atoms with Crippen LogP contribution in [0.3, 0.4) is 0 Å². The molecule has 0 heterocycles. The van der Waals surface area contributed by atoms with E-state index in [1.165, 1.54) is 0 Å². The third-order valence-corrected chi connectivity index (χ3v) is 4.41. The van der Waals surface area contributed by atoms with Crippen LogP contribution in [0.4, 0.5) is 0 Å². The highest BCUT2D eigenvalue weighted by Crippen LogP contribution is 2.27. The van der Waals surface area contributed by atoms with Crippen molar-refractivity contribution in [2.24, 2.45) is 0 Å². The molecular weight excluding hydrogens is 322 g/mol. The number of carbonyl (C=O) groups is 1. The van der Waals surface area contributed by atoms with Crippen molar-refractivity contribution in [3.8, 4) is 0 Å². The summed E-state index contributed by atoms with van der Waals surface area (Å²) in [6.07, 6.45) is 0. The van der Waals surface area contributed by atoms with Crippen molar-refractivity contribution < 1.29 is 9.90 Å². The molecule has 0 fully saturated rings. The Morgan fingerprint density at radius 2 is 1.23 bits per heavy atom. The summed E-state index contributed by atoms with van der Waals surface area (Å²) in [5.74, 6) is -0.382. The molecule has 0 aromatic heterocycles. The van der Waals surface area contributed by atoms with Crippen LogP contribution in [-0.4, -0.2) is 29.1 Å². The average molecular weight is 345 g/mol. The zero-order chi connectivity index (χ0) is 18.2. The number of hydrogen-bond donors (Lipinski definition) is 1. The van der Waals surface area contributed by atoms with E-state index >= 15 is 0 Å². The minimum Gasteiger partial charge on any atom is -0.395 e. The van der Waals surface area contributed by atoms with Gasteiger partial charge in [0.1, 0.15) is 0 Å². The molecule has 3 aromatic carbocycles. The highest BCUT2D eigenvalue weighted by Gasteiger charge is 2.27. The number of rotatable bonds is 7. The van der Waals surface area contributed by atoms with Crippen molar-refractivity contribution in [1.29, 1.82) is 0 Å². The summed E-state index contributed by atoms with van der Waals surface area (Å²) in [6, 6.07) is 29.5. The predicted octanol–water partition coefficient (Wildman–Crippen LogP) is 3.84. The van der Waals surface area contributed by atoms with E-state index in [-0.39, 0.29) is 18.4 Å². The third-order valence-electron chi connectivity index (χ3n) is 4.41. The van der Waals surface area contributed by atoms with Crippen LogP contribution in [0.5, 0.6) is 0 Å². The van der Waals surface area contributed by atoms with E-state index in [0.29, 0.717) is 13.1 Å². The molecule has 0 saturated carbocycles. The van der Waals surface area contributed by atoms with Crippen LogP contribution in [0, 0.1) is 0 Å². The number of hydrogen-bond acceptors (Lipinski definition) is 2. The quantitative estimate of drug-likeness (QED) is 0.707. The van der Waals surface area contributed by atoms with Gasteiger partial charge in [-0.15, -0.1) is 0 Å². The number of aliphatic hydroxyl groups is 1. The normalized spacial score (nSPS) is 10.7. The summed E-state index contributed by atoms with van der Waals surface area (Å²) in [6.45, 7) is 0.731. The number of carbonyl (C=O) groups excluding carboxylic acids is 1. The third kappa shape index (κ3) is 4.38. The van der Waals surface area contributed by atoms with Crippen molar-refractivity contribution in [2.45, 2.75) is 12.5 Å². The molecule has 0 unspecified atom stereocenters. The van der Waals surface area contributed by atoms with Gasteiger partial charge in [0.05, 0.1) is 12.5 Å². The van der Waals surface area contributed by atoms with E-state index in [2.05, 4.69) is 0 Å². The Morgan fingerprint density at radius 3 is 1.69 bits per heavy atom. The van der Waals surface area contributed by atoms with Crippen LogP contribution in [0.15, 0.2) is 91.0 Å². The second kappa shape index (κ2) is 8.97. The number of amides is 1. The first-order valence-electron chi connectivity index (χ1n) is 8.83. The van der Waals surface area contributed by atoms with Crippen LogP contribution in [-0.2, 0) is 11.3 Å². The van der Waals surface area contributed by atoms with Gasteiger partial charge in [-0.1, -0.05) is 91.0 Å². The van der Waals surface area contributed by atoms with Gasteiger partial charge in [0, 0.05) is 13.1 Å². The number of benzene rings is 3. The van der Waals surface area contributed by atoms with E-state index < -0.39 is 0 Å². The van der Waals surface area contributed by atoms with E-state index in [1.54, 1.807) is 4.90 Å². The molecule has 0 radical (unpaired) electrons. The standard InChI is InChI=1S/C23H23NO2/c25-17-16-24(18-19-10-4-1-5-11-19)23(26)22(20-12-6-2-7-13-20)21-14-8-3-9-15-21/h1-15,22,25H,16-18H2. The Morgan fingerprint density at radius 1 is 0.769 bits per heavy atom. The van der Waals surface area contributed by atoms with Gasteiger partial charge >= 0.3 is 0 Å². The molecule has 0 aliphatic heterocycles. The van der Waals surface area contributed by atoms with Gasteiger partial charge in [0.25, 0.3) is 0 Å². The highest BCUT2D eigenvalue weighted by atomic mass is 16.3. The molecule has 0 saturated heterocycles. The van der Waals surface area contributed by atoms with Crippen LogP contribution < -0.4 is 0 Å². The van der Waals surface area contributed by atoms with Crippen molar-refractivity contribution in [3.63, 3.8) is 0 Å². The highest BCUT2D eigenvalue weighted by molar-refractivity contribution is 5.87. The van der Waals surface area contributed by atoms with Crippen molar-refractivity contribution in [3.05, 3.63) is 108 Å². The Hall–Kier alpha value is -2.91. The molecule has 0 spiro atoms. The first-order valence-corrected chi connectivity index (χ1v) is 8.83. The van der Waals surface area contributed by atoms with Gasteiger partial charge in [-0.05, 0) is 16.7 Å². The average Bonchev–Trinajstić information content (AvgIpc) is 2.70. The Labute approximate surface area is 154 Å². The van der Waals surface area contributed by atoms with E-state index in [4.69, 9.17) is 0 Å². The van der Waals surface area contributed by atoms with Crippen LogP contribution >= 0.6 is 0 Å². The SMILES string of the molecule is O=C(C(c1ccccc1)c1ccccc1)N(CCO)Cc1ccccc1. The molecular formula is C23H23NO2. The molecule has 0 aliphatic rings. The van der Waals surface area contributed by atoms with Crippen LogP contribution in [0.1, 0.15) is 22.6 Å². The molecule has 3 aromatic rings. The topological polar surface area (TPSA) is 40.5 Å². The summed E-state index contributed by atoms with van der Waals surface area (Å²) >= 11 is 0. The van der Waals surface area contributed by atoms with Gasteiger partial charge in [-0.25, -0.2) is 0 Å². The largest absolute Gasteiger partial charge is 0.395 e. The van der Waals surface area contributed by atoms with Gasteiger partial charge in [-0.3, -0.25) is 4.79 Å². The monoisotopic (exact) mass is 345 g/mol. The first kappa shape index (κ1) is 17.9. The zero-order valence-corrected chi connectivity index (χ0v) is 14.7. The van der Waals surface area contributed by atoms with Crippen LogP contribution in [0.2, 0.25) is 0 Å². The maximum absolute atomic E-state index is 13.5. The molecule has 0 atom stereocenters. The molecule has 3 heteroatoms. The number of nitrogens with zero attached hydrogens (tertiary/aromatic N) is 1. The molecule has 1 N–H and O–H groups in total. The smallest absolute Gasteiger partial charge is 0.234 e. The van der Waals surface area contributed by atoms with Gasteiger partial charge < -0.3 is 10.0 Å². The fourth-order valence-electron chi connectivity index (χ4n) is 3.14. The molecule has 26 heavy (non-hydrogen) atoms. The lowest BCUT2D eigenvalue weighted by molar-refractivity contribution is -0.133.